The van der Waals surface area contributed by atoms with Gasteiger partial charge in [0.15, 0.2) is 0 Å². The van der Waals surface area contributed by atoms with E-state index in [1.807, 2.05) is 31.3 Å². The molecular formula is C38H46ClN5O5S. The van der Waals surface area contributed by atoms with Gasteiger partial charge in [-0.15, -0.1) is 4.36 Å². The van der Waals surface area contributed by atoms with Crippen LogP contribution in [-0.2, 0) is 37.8 Å². The summed E-state index contributed by atoms with van der Waals surface area (Å²) >= 11 is 6.45. The minimum absolute atomic E-state index is 0.0385. The zero-order valence-electron chi connectivity index (χ0n) is 28.8. The molecule has 3 aromatic rings. The van der Waals surface area contributed by atoms with Gasteiger partial charge in [-0.2, -0.15) is 5.10 Å². The number of fused-ring (bicyclic) bond motifs is 4. The molecule has 2 aliphatic heterocycles. The van der Waals surface area contributed by atoms with E-state index in [-0.39, 0.29) is 23.7 Å². The molecule has 1 aromatic heterocycles. The van der Waals surface area contributed by atoms with Crippen LogP contribution >= 0.6 is 11.6 Å². The first-order valence-electron chi connectivity index (χ1n) is 17.7. The van der Waals surface area contributed by atoms with Crippen LogP contribution in [0.15, 0.2) is 65.3 Å². The Morgan fingerprint density at radius 2 is 2.08 bits per heavy atom. The maximum absolute atomic E-state index is 14.2. The van der Waals surface area contributed by atoms with E-state index in [1.165, 1.54) is 11.1 Å². The van der Waals surface area contributed by atoms with E-state index in [0.717, 1.165) is 61.5 Å². The van der Waals surface area contributed by atoms with Crippen LogP contribution in [0.2, 0.25) is 5.02 Å². The van der Waals surface area contributed by atoms with Crippen LogP contribution in [0.25, 0.3) is 0 Å². The Labute approximate surface area is 299 Å². The lowest BCUT2D eigenvalue weighted by Gasteiger charge is -2.46. The van der Waals surface area contributed by atoms with E-state index in [9.17, 15) is 13.8 Å². The zero-order chi connectivity index (χ0) is 34.9. The number of nitrogens with one attached hydrogen (secondary N) is 1. The molecule has 266 valence electrons. The third-order valence-electron chi connectivity index (χ3n) is 10.9. The van der Waals surface area contributed by atoms with Crippen molar-refractivity contribution in [1.82, 2.24) is 14.5 Å². The number of ether oxygens (including phenoxy) is 2. The zero-order valence-corrected chi connectivity index (χ0v) is 30.4. The molecule has 1 spiro atoms. The van der Waals surface area contributed by atoms with Gasteiger partial charge in [0.05, 0.1) is 30.3 Å². The predicted octanol–water partition coefficient (Wildman–Crippen LogP) is 6.44. The number of hydrogen-bond donors (Lipinski definition) is 1. The Morgan fingerprint density at radius 1 is 1.20 bits per heavy atom. The number of carbonyl (C=O) groups is 2. The van der Waals surface area contributed by atoms with Gasteiger partial charge in [-0.25, -0.2) is 4.21 Å². The average Bonchev–Trinajstić information content (AvgIpc) is 3.44. The summed E-state index contributed by atoms with van der Waals surface area (Å²) in [7, 11) is -1.65. The van der Waals surface area contributed by atoms with Crippen molar-refractivity contribution in [2.24, 2.45) is 16.2 Å². The molecule has 0 radical (unpaired) electrons. The van der Waals surface area contributed by atoms with Crippen LogP contribution in [0.5, 0.6) is 5.75 Å². The molecule has 10 nitrogen and oxygen atoms in total. The molecule has 2 amide bonds. The lowest BCUT2D eigenvalue weighted by molar-refractivity contribution is -0.119. The van der Waals surface area contributed by atoms with E-state index >= 15 is 0 Å². The number of anilines is 1. The Morgan fingerprint density at radius 3 is 2.86 bits per heavy atom. The Balaban J connectivity index is 1.24. The van der Waals surface area contributed by atoms with Crippen molar-refractivity contribution in [3.8, 4) is 5.75 Å². The Hall–Kier alpha value is -3.67. The number of amides is 2. The molecule has 12 heteroatoms. The summed E-state index contributed by atoms with van der Waals surface area (Å²) in [6, 6.07) is 11.6. The first-order chi connectivity index (χ1) is 24.1. The molecule has 1 saturated carbocycles. The second-order valence-electron chi connectivity index (χ2n) is 14.4. The highest BCUT2D eigenvalue weighted by Gasteiger charge is 2.44. The summed E-state index contributed by atoms with van der Waals surface area (Å²) in [5, 5.41) is 4.97. The smallest absolute Gasteiger partial charge is 0.286 e. The van der Waals surface area contributed by atoms with Crippen molar-refractivity contribution in [2.75, 3.05) is 37.5 Å². The average molecular weight is 720 g/mol. The van der Waals surface area contributed by atoms with Gasteiger partial charge in [0.2, 0.25) is 5.91 Å². The molecule has 2 aliphatic carbocycles. The molecule has 0 saturated heterocycles. The van der Waals surface area contributed by atoms with Crippen LogP contribution in [0.1, 0.15) is 72.0 Å². The second-order valence-corrected chi connectivity index (χ2v) is 16.9. The van der Waals surface area contributed by atoms with Crippen molar-refractivity contribution < 1.29 is 23.3 Å². The van der Waals surface area contributed by atoms with Crippen molar-refractivity contribution in [3.05, 3.63) is 88.2 Å². The van der Waals surface area contributed by atoms with Gasteiger partial charge in [-0.05, 0) is 111 Å². The fourth-order valence-corrected chi connectivity index (χ4v) is 9.97. The second kappa shape index (κ2) is 14.5. The SMILES string of the molecule is CO[C@H]1/C=C/CCCS(=O)(NC(=O)CCn2cc(C)cn2)=NC(=O)c2ccc3c(c2)N(C[C@@H]2CC[C@H]21)C[C@@]1(CCCc2cc(Cl)ccc21)CO3. The van der Waals surface area contributed by atoms with Crippen molar-refractivity contribution in [2.45, 2.75) is 76.4 Å². The predicted molar refractivity (Wildman–Crippen MR) is 195 cm³/mol. The van der Waals surface area contributed by atoms with Gasteiger partial charge < -0.3 is 14.4 Å². The number of methoxy groups -OCH3 is 1. The fourth-order valence-electron chi connectivity index (χ4n) is 8.15. The number of rotatable bonds is 5. The highest BCUT2D eigenvalue weighted by molar-refractivity contribution is 7.92. The van der Waals surface area contributed by atoms with Crippen LogP contribution in [0.3, 0.4) is 0 Å². The molecule has 1 N–H and O–H groups in total. The summed E-state index contributed by atoms with van der Waals surface area (Å²) in [5.74, 6) is 0.444. The van der Waals surface area contributed by atoms with Gasteiger partial charge in [-0.3, -0.25) is 19.0 Å². The lowest BCUT2D eigenvalue weighted by Crippen LogP contribution is -2.49. The normalized spacial score (nSPS) is 28.7. The number of hydrogen-bond acceptors (Lipinski definition) is 7. The van der Waals surface area contributed by atoms with Crippen LogP contribution in [-0.4, -0.2) is 64.5 Å². The first-order valence-corrected chi connectivity index (χ1v) is 19.8. The van der Waals surface area contributed by atoms with Gasteiger partial charge in [0.1, 0.15) is 15.7 Å². The molecule has 2 bridgehead atoms. The van der Waals surface area contributed by atoms with Gasteiger partial charge in [0.25, 0.3) is 5.91 Å². The minimum atomic E-state index is -3.42. The highest BCUT2D eigenvalue weighted by atomic mass is 35.5. The number of halogens is 1. The van der Waals surface area contributed by atoms with E-state index in [0.29, 0.717) is 49.1 Å². The molecular weight excluding hydrogens is 674 g/mol. The standard InChI is InChI=1S/C38H46ClN5O5S/c1-26-21-40-44(22-26)17-15-36(45)41-50(47)18-5-3-4-8-34(48-2)31-12-9-29(31)23-43-24-38(16-6-7-27-19-30(39)11-13-32(27)38)25-49-35-14-10-28(20-33(35)43)37(46)42-50/h4,8,10-11,13-14,19-22,29,31,34H,3,5-7,9,12,15-18,23-25H2,1-2H3,(H,41,42,45,46,47)/b8-4+/t29-,31+,34-,38-,50?/m0/s1. The van der Waals surface area contributed by atoms with Crippen molar-refractivity contribution in [3.63, 3.8) is 0 Å². The van der Waals surface area contributed by atoms with Crippen LogP contribution < -0.4 is 14.4 Å². The quantitative estimate of drug-likeness (QED) is 0.302. The van der Waals surface area contributed by atoms with Crippen molar-refractivity contribution >= 4 is 39.0 Å². The van der Waals surface area contributed by atoms with E-state index < -0.39 is 21.7 Å². The molecule has 50 heavy (non-hydrogen) atoms. The Kier molecular flexibility index (Phi) is 10.1. The van der Waals surface area contributed by atoms with Crippen molar-refractivity contribution in [1.29, 1.82) is 0 Å². The fraction of sp³-hybridized carbons (Fsp3) is 0.500. The maximum atomic E-state index is 14.2. The van der Waals surface area contributed by atoms with Crippen LogP contribution in [0.4, 0.5) is 5.69 Å². The number of aryl methyl sites for hydroxylation is 3. The third kappa shape index (κ3) is 7.36. The van der Waals surface area contributed by atoms with E-state index in [1.54, 1.807) is 24.1 Å². The molecule has 5 atom stereocenters. The number of nitrogens with zero attached hydrogens (tertiary/aromatic N) is 4. The third-order valence-corrected chi connectivity index (χ3v) is 12.9. The number of benzene rings is 2. The number of allylic oxidation sites excluding steroid dienone is 1. The lowest BCUT2D eigenvalue weighted by atomic mass is 9.68. The highest BCUT2D eigenvalue weighted by Crippen LogP contribution is 2.47. The summed E-state index contributed by atoms with van der Waals surface area (Å²) in [6.45, 7) is 4.28. The summed E-state index contributed by atoms with van der Waals surface area (Å²) in [4.78, 5) is 29.3. The molecule has 1 fully saturated rings. The summed E-state index contributed by atoms with van der Waals surface area (Å²) < 4.78 is 35.4. The monoisotopic (exact) mass is 719 g/mol. The van der Waals surface area contributed by atoms with E-state index in [2.05, 4.69) is 43.4 Å². The number of aromatic nitrogens is 2. The first kappa shape index (κ1) is 34.8. The largest absolute Gasteiger partial charge is 0.490 e. The summed E-state index contributed by atoms with van der Waals surface area (Å²) in [5.41, 5.74) is 4.42. The molecule has 4 aliphatic rings. The van der Waals surface area contributed by atoms with E-state index in [4.69, 9.17) is 21.1 Å². The molecule has 2 aromatic carbocycles. The molecule has 3 heterocycles. The van der Waals surface area contributed by atoms with Gasteiger partial charge in [-0.1, -0.05) is 29.8 Å². The Bertz CT molecular complexity index is 1920. The van der Waals surface area contributed by atoms with Gasteiger partial charge >= 0.3 is 0 Å². The molecule has 7 rings (SSSR count). The van der Waals surface area contributed by atoms with Gasteiger partial charge in [0, 0.05) is 55.4 Å². The summed E-state index contributed by atoms with van der Waals surface area (Å²) in [6.07, 6.45) is 14.0. The minimum Gasteiger partial charge on any atom is -0.490 e. The number of carbonyl (C=O) groups excluding carboxylic acids is 2. The molecule has 1 unspecified atom stereocenters. The van der Waals surface area contributed by atoms with Crippen LogP contribution in [0, 0.1) is 18.8 Å². The topological polar surface area (TPSA) is 115 Å². The maximum Gasteiger partial charge on any atom is 0.286 e.